The van der Waals surface area contributed by atoms with Crippen LogP contribution in [0.3, 0.4) is 0 Å². The number of para-hydroxylation sites is 1. The number of nitrogens with zero attached hydrogens (tertiary/aromatic N) is 1. The molecule has 5 rings (SSSR count). The van der Waals surface area contributed by atoms with Gasteiger partial charge in [-0.15, -0.1) is 0 Å². The van der Waals surface area contributed by atoms with Crippen LogP contribution in [0.4, 0.5) is 15.8 Å². The zero-order valence-corrected chi connectivity index (χ0v) is 19.6. The number of nitrogen functional groups attached to an aromatic ring is 1. The second-order valence-corrected chi connectivity index (χ2v) is 8.57. The van der Waals surface area contributed by atoms with Crippen molar-refractivity contribution in [3.63, 3.8) is 0 Å². The molecule has 0 aliphatic rings. The number of nitro groups is 1. The van der Waals surface area contributed by atoms with Crippen molar-refractivity contribution in [2.24, 2.45) is 0 Å². The van der Waals surface area contributed by atoms with Crippen molar-refractivity contribution in [3.8, 4) is 44.5 Å². The van der Waals surface area contributed by atoms with Gasteiger partial charge in [0.25, 0.3) is 0 Å². The van der Waals surface area contributed by atoms with Crippen LogP contribution in [0.2, 0.25) is 0 Å². The van der Waals surface area contributed by atoms with Gasteiger partial charge in [-0.05, 0) is 40.3 Å². The van der Waals surface area contributed by atoms with Gasteiger partial charge in [0.15, 0.2) is 0 Å². The monoisotopic (exact) mass is 474 g/mol. The molecule has 0 aliphatic carbocycles. The molecule has 0 heterocycles. The van der Waals surface area contributed by atoms with Crippen LogP contribution in [-0.2, 0) is 0 Å². The van der Waals surface area contributed by atoms with Gasteiger partial charge in [0.05, 0.1) is 4.92 Å². The van der Waals surface area contributed by atoms with Crippen LogP contribution in [0.25, 0.3) is 44.5 Å². The molecule has 36 heavy (non-hydrogen) atoms. The molecule has 0 saturated carbocycles. The van der Waals surface area contributed by atoms with Crippen molar-refractivity contribution in [2.75, 3.05) is 5.73 Å². The summed E-state index contributed by atoms with van der Waals surface area (Å²) in [7, 11) is 0. The summed E-state index contributed by atoms with van der Waals surface area (Å²) in [5, 5.41) is 11.4. The Morgan fingerprint density at radius 3 is 1.89 bits per heavy atom. The van der Waals surface area contributed by atoms with Gasteiger partial charge < -0.3 is 5.73 Å². The molecule has 0 aromatic heterocycles. The fraction of sp³-hybridized carbons (Fsp3) is 0.0323. The summed E-state index contributed by atoms with van der Waals surface area (Å²) >= 11 is 0. The minimum absolute atomic E-state index is 0.179. The Labute approximate surface area is 208 Å². The summed E-state index contributed by atoms with van der Waals surface area (Å²) in [5.74, 6) is -0.852. The van der Waals surface area contributed by atoms with E-state index < -0.39 is 16.4 Å². The predicted molar refractivity (Wildman–Crippen MR) is 144 cm³/mol. The molecule has 176 valence electrons. The highest BCUT2D eigenvalue weighted by molar-refractivity contribution is 5.98. The quantitative estimate of drug-likeness (QED) is 0.158. The summed E-state index contributed by atoms with van der Waals surface area (Å²) in [6.45, 7) is 2.02. The minimum Gasteiger partial charge on any atom is -0.398 e. The second-order valence-electron chi connectivity index (χ2n) is 8.57. The lowest BCUT2D eigenvalue weighted by Crippen LogP contribution is -1.99. The molecule has 0 aliphatic heterocycles. The molecule has 5 aromatic rings. The molecule has 0 fully saturated rings. The molecular weight excluding hydrogens is 451 g/mol. The summed E-state index contributed by atoms with van der Waals surface area (Å²) in [5.41, 5.74) is 14.0. The van der Waals surface area contributed by atoms with Crippen LogP contribution in [0.1, 0.15) is 5.56 Å². The number of hydrogen-bond acceptors (Lipinski definition) is 3. The lowest BCUT2D eigenvalue weighted by atomic mass is 9.85. The predicted octanol–water partition coefficient (Wildman–Crippen LogP) is 8.29. The van der Waals surface area contributed by atoms with E-state index in [1.807, 2.05) is 85.8 Å². The third kappa shape index (κ3) is 4.01. The van der Waals surface area contributed by atoms with E-state index in [1.54, 1.807) is 18.2 Å². The maximum absolute atomic E-state index is 15.3. The van der Waals surface area contributed by atoms with Crippen LogP contribution in [0, 0.1) is 22.9 Å². The summed E-state index contributed by atoms with van der Waals surface area (Å²) in [6.07, 6.45) is 0. The lowest BCUT2D eigenvalue weighted by Gasteiger charge is -2.19. The van der Waals surface area contributed by atoms with E-state index in [-0.39, 0.29) is 5.56 Å². The fourth-order valence-corrected chi connectivity index (χ4v) is 4.72. The summed E-state index contributed by atoms with van der Waals surface area (Å²) in [6, 6.07) is 33.5. The summed E-state index contributed by atoms with van der Waals surface area (Å²) in [4.78, 5) is 10.7. The van der Waals surface area contributed by atoms with Crippen molar-refractivity contribution in [3.05, 3.63) is 131 Å². The van der Waals surface area contributed by atoms with Crippen LogP contribution in [-0.4, -0.2) is 4.92 Å². The average Bonchev–Trinajstić information content (AvgIpc) is 2.89. The van der Waals surface area contributed by atoms with Gasteiger partial charge in [0, 0.05) is 28.4 Å². The van der Waals surface area contributed by atoms with Gasteiger partial charge in [-0.1, -0.05) is 103 Å². The Balaban J connectivity index is 1.75. The third-order valence-electron chi connectivity index (χ3n) is 6.42. The van der Waals surface area contributed by atoms with E-state index in [2.05, 4.69) is 0 Å². The maximum atomic E-state index is 15.3. The highest BCUT2D eigenvalue weighted by Crippen LogP contribution is 2.44. The Hall–Kier alpha value is -4.77. The molecule has 0 unspecified atom stereocenters. The highest BCUT2D eigenvalue weighted by atomic mass is 19.1. The molecule has 0 atom stereocenters. The highest BCUT2D eigenvalue weighted by Gasteiger charge is 2.22. The van der Waals surface area contributed by atoms with E-state index >= 15 is 4.39 Å². The number of hydrogen-bond donors (Lipinski definition) is 1. The van der Waals surface area contributed by atoms with E-state index in [9.17, 15) is 10.1 Å². The third-order valence-corrected chi connectivity index (χ3v) is 6.42. The zero-order chi connectivity index (χ0) is 25.2. The van der Waals surface area contributed by atoms with Crippen LogP contribution >= 0.6 is 0 Å². The largest absolute Gasteiger partial charge is 0.398 e. The molecule has 0 saturated heterocycles. The number of halogens is 1. The maximum Gasteiger partial charge on any atom is 0.305 e. The van der Waals surface area contributed by atoms with Gasteiger partial charge in [-0.3, -0.25) is 10.1 Å². The first-order valence-corrected chi connectivity index (χ1v) is 11.5. The molecule has 0 bridgehead atoms. The molecular formula is C31H23FN2O2. The molecule has 0 spiro atoms. The van der Waals surface area contributed by atoms with E-state index in [0.29, 0.717) is 11.3 Å². The number of rotatable bonds is 5. The SMILES string of the molecule is Cc1cccc(-c2ccccc2-c2cccc([N+](=O)[O-])c2F)c1-c1cccc(-c2ccccc2)c1N. The Morgan fingerprint density at radius 2 is 1.17 bits per heavy atom. The van der Waals surface area contributed by atoms with Crippen LogP contribution in [0.5, 0.6) is 0 Å². The Kier molecular flexibility index (Phi) is 6.05. The second kappa shape index (κ2) is 9.47. The number of nitro benzene ring substituents is 1. The smallest absolute Gasteiger partial charge is 0.305 e. The minimum atomic E-state index is -0.852. The van der Waals surface area contributed by atoms with Gasteiger partial charge in [-0.25, -0.2) is 0 Å². The summed E-state index contributed by atoms with van der Waals surface area (Å²) < 4.78 is 15.3. The van der Waals surface area contributed by atoms with Gasteiger partial charge in [0.2, 0.25) is 5.82 Å². The average molecular weight is 475 g/mol. The van der Waals surface area contributed by atoms with E-state index in [0.717, 1.165) is 38.9 Å². The first kappa shape index (κ1) is 23.0. The molecule has 0 radical (unpaired) electrons. The van der Waals surface area contributed by atoms with Crippen molar-refractivity contribution < 1.29 is 9.31 Å². The van der Waals surface area contributed by atoms with Crippen molar-refractivity contribution in [2.45, 2.75) is 6.92 Å². The number of nitrogens with two attached hydrogens (primary N) is 1. The van der Waals surface area contributed by atoms with Crippen molar-refractivity contribution >= 4 is 11.4 Å². The first-order chi connectivity index (χ1) is 17.5. The number of aryl methyl sites for hydroxylation is 1. The normalized spacial score (nSPS) is 10.8. The Morgan fingerprint density at radius 1 is 0.639 bits per heavy atom. The molecule has 5 aromatic carbocycles. The topological polar surface area (TPSA) is 69.2 Å². The first-order valence-electron chi connectivity index (χ1n) is 11.5. The lowest BCUT2D eigenvalue weighted by molar-refractivity contribution is -0.387. The van der Waals surface area contributed by atoms with Crippen LogP contribution < -0.4 is 5.73 Å². The molecule has 4 nitrogen and oxygen atoms in total. The van der Waals surface area contributed by atoms with E-state index in [4.69, 9.17) is 5.73 Å². The zero-order valence-electron chi connectivity index (χ0n) is 19.6. The number of benzene rings is 5. The van der Waals surface area contributed by atoms with Crippen molar-refractivity contribution in [1.29, 1.82) is 0 Å². The molecule has 2 N–H and O–H groups in total. The van der Waals surface area contributed by atoms with E-state index in [1.165, 1.54) is 12.1 Å². The number of anilines is 1. The van der Waals surface area contributed by atoms with Crippen molar-refractivity contribution in [1.82, 2.24) is 0 Å². The molecule has 0 amide bonds. The standard InChI is InChI=1S/C31H23FN2O2/c1-20-10-7-16-25(29(20)27-18-8-15-22(31(27)33)21-11-3-2-4-12-21)23-13-5-6-14-24(23)26-17-9-19-28(30(26)32)34(35)36/h2-19H,33H2,1H3. The van der Waals surface area contributed by atoms with Gasteiger partial charge >= 0.3 is 5.69 Å². The van der Waals surface area contributed by atoms with Gasteiger partial charge in [-0.2, -0.15) is 4.39 Å². The van der Waals surface area contributed by atoms with Gasteiger partial charge in [0.1, 0.15) is 0 Å². The van der Waals surface area contributed by atoms with Crippen LogP contribution in [0.15, 0.2) is 109 Å². The Bertz CT molecular complexity index is 1600. The fourth-order valence-electron chi connectivity index (χ4n) is 4.72. The molecule has 5 heteroatoms.